The minimum Gasteiger partial charge on any atom is -0.493 e. The van der Waals surface area contributed by atoms with Crippen LogP contribution in [0, 0.1) is 0 Å². The van der Waals surface area contributed by atoms with Crippen LogP contribution in [-0.4, -0.2) is 32.2 Å². The van der Waals surface area contributed by atoms with Gasteiger partial charge in [0.05, 0.1) is 14.2 Å². The number of nitrogens with one attached hydrogen (secondary N) is 1. The first-order valence-corrected chi connectivity index (χ1v) is 5.66. The van der Waals surface area contributed by atoms with Gasteiger partial charge < -0.3 is 20.5 Å². The molecule has 0 spiro atoms. The van der Waals surface area contributed by atoms with E-state index in [1.807, 2.05) is 13.8 Å². The second-order valence-electron chi connectivity index (χ2n) is 4.74. The lowest BCUT2D eigenvalue weighted by molar-refractivity contribution is 0.0945. The van der Waals surface area contributed by atoms with Gasteiger partial charge in [0.25, 0.3) is 5.91 Å². The summed E-state index contributed by atoms with van der Waals surface area (Å²) in [5.74, 6) is 0.930. The fraction of sp³-hybridized carbons (Fsp3) is 0.462. The molecule has 1 aromatic carbocycles. The minimum atomic E-state index is -0.438. The maximum Gasteiger partial charge on any atom is 0.251 e. The average molecular weight is 252 g/mol. The molecule has 1 rings (SSSR count). The van der Waals surface area contributed by atoms with Crippen molar-refractivity contribution in [2.24, 2.45) is 5.73 Å². The van der Waals surface area contributed by atoms with E-state index in [9.17, 15) is 4.79 Å². The van der Waals surface area contributed by atoms with Gasteiger partial charge in [-0.1, -0.05) is 0 Å². The Morgan fingerprint density at radius 2 is 1.89 bits per heavy atom. The second-order valence-corrected chi connectivity index (χ2v) is 4.74. The number of methoxy groups -OCH3 is 2. The van der Waals surface area contributed by atoms with E-state index in [-0.39, 0.29) is 5.91 Å². The molecule has 1 aromatic rings. The summed E-state index contributed by atoms with van der Waals surface area (Å²) in [7, 11) is 3.08. The topological polar surface area (TPSA) is 73.6 Å². The Hall–Kier alpha value is -1.75. The fourth-order valence-corrected chi connectivity index (χ4v) is 1.39. The Morgan fingerprint density at radius 3 is 2.39 bits per heavy atom. The van der Waals surface area contributed by atoms with Crippen molar-refractivity contribution in [2.45, 2.75) is 19.4 Å². The third-order valence-corrected chi connectivity index (χ3v) is 2.35. The Labute approximate surface area is 107 Å². The van der Waals surface area contributed by atoms with Crippen LogP contribution in [0.2, 0.25) is 0 Å². The predicted molar refractivity (Wildman–Crippen MR) is 70.1 cm³/mol. The second kappa shape index (κ2) is 5.73. The first kappa shape index (κ1) is 14.3. The van der Waals surface area contributed by atoms with Gasteiger partial charge in [-0.15, -0.1) is 0 Å². The van der Waals surface area contributed by atoms with Gasteiger partial charge in [0, 0.05) is 17.6 Å². The average Bonchev–Trinajstić information content (AvgIpc) is 2.34. The highest BCUT2D eigenvalue weighted by Crippen LogP contribution is 2.27. The molecule has 0 fully saturated rings. The molecule has 0 heterocycles. The predicted octanol–water partition coefficient (Wildman–Crippen LogP) is 1.17. The standard InChI is InChI=1S/C13H20N2O3/c1-13(2,14)8-15-12(16)9-5-6-10(17-3)11(7-9)18-4/h5-7H,8,14H2,1-4H3,(H,15,16). The van der Waals surface area contributed by atoms with Gasteiger partial charge in [-0.3, -0.25) is 4.79 Å². The summed E-state index contributed by atoms with van der Waals surface area (Å²) >= 11 is 0. The maximum atomic E-state index is 11.9. The van der Waals surface area contributed by atoms with Gasteiger partial charge in [0.15, 0.2) is 11.5 Å². The zero-order chi connectivity index (χ0) is 13.8. The van der Waals surface area contributed by atoms with Crippen molar-refractivity contribution >= 4 is 5.91 Å². The molecule has 0 aliphatic rings. The number of carbonyl (C=O) groups is 1. The van der Waals surface area contributed by atoms with Gasteiger partial charge in [0.1, 0.15) is 0 Å². The van der Waals surface area contributed by atoms with Crippen LogP contribution >= 0.6 is 0 Å². The third kappa shape index (κ3) is 3.92. The zero-order valence-corrected chi connectivity index (χ0v) is 11.2. The molecule has 0 saturated carbocycles. The lowest BCUT2D eigenvalue weighted by Crippen LogP contribution is -2.45. The number of hydrogen-bond acceptors (Lipinski definition) is 4. The fourth-order valence-electron chi connectivity index (χ4n) is 1.39. The number of hydrogen-bond donors (Lipinski definition) is 2. The molecule has 0 radical (unpaired) electrons. The first-order chi connectivity index (χ1) is 8.37. The van der Waals surface area contributed by atoms with Crippen LogP contribution in [0.25, 0.3) is 0 Å². The molecule has 0 aliphatic carbocycles. The Kier molecular flexibility index (Phi) is 4.55. The van der Waals surface area contributed by atoms with Crippen LogP contribution in [-0.2, 0) is 0 Å². The van der Waals surface area contributed by atoms with Crippen molar-refractivity contribution in [3.8, 4) is 11.5 Å². The molecule has 5 heteroatoms. The smallest absolute Gasteiger partial charge is 0.251 e. The quantitative estimate of drug-likeness (QED) is 0.825. The van der Waals surface area contributed by atoms with E-state index >= 15 is 0 Å². The normalized spacial score (nSPS) is 10.9. The third-order valence-electron chi connectivity index (χ3n) is 2.35. The molecule has 0 aliphatic heterocycles. The van der Waals surface area contributed by atoms with Crippen LogP contribution < -0.4 is 20.5 Å². The Bertz CT molecular complexity index is 425. The van der Waals surface area contributed by atoms with E-state index in [0.29, 0.717) is 23.6 Å². The largest absolute Gasteiger partial charge is 0.493 e. The Morgan fingerprint density at radius 1 is 1.28 bits per heavy atom. The van der Waals surface area contributed by atoms with Crippen LogP contribution in [0.4, 0.5) is 0 Å². The molecule has 3 N–H and O–H groups in total. The van der Waals surface area contributed by atoms with Crippen LogP contribution in [0.1, 0.15) is 24.2 Å². The van der Waals surface area contributed by atoms with E-state index in [4.69, 9.17) is 15.2 Å². The summed E-state index contributed by atoms with van der Waals surface area (Å²) in [6.07, 6.45) is 0. The summed E-state index contributed by atoms with van der Waals surface area (Å²) < 4.78 is 10.3. The lowest BCUT2D eigenvalue weighted by Gasteiger charge is -2.19. The maximum absolute atomic E-state index is 11.9. The van der Waals surface area contributed by atoms with E-state index in [2.05, 4.69) is 5.32 Å². The molecule has 1 amide bonds. The number of ether oxygens (including phenoxy) is 2. The van der Waals surface area contributed by atoms with Gasteiger partial charge >= 0.3 is 0 Å². The summed E-state index contributed by atoms with van der Waals surface area (Å²) in [6.45, 7) is 4.10. The SMILES string of the molecule is COc1ccc(C(=O)NCC(C)(C)N)cc1OC. The van der Waals surface area contributed by atoms with Crippen LogP contribution in [0.15, 0.2) is 18.2 Å². The molecule has 0 unspecified atom stereocenters. The summed E-state index contributed by atoms with van der Waals surface area (Å²) in [5.41, 5.74) is 5.88. The van der Waals surface area contributed by atoms with Gasteiger partial charge in [-0.05, 0) is 32.0 Å². The van der Waals surface area contributed by atoms with Crippen molar-refractivity contribution in [1.29, 1.82) is 0 Å². The molecule has 0 aromatic heterocycles. The summed E-state index contributed by atoms with van der Waals surface area (Å²) in [6, 6.07) is 5.01. The molecule has 0 bridgehead atoms. The van der Waals surface area contributed by atoms with Crippen LogP contribution in [0.5, 0.6) is 11.5 Å². The van der Waals surface area contributed by atoms with Crippen molar-refractivity contribution in [2.75, 3.05) is 20.8 Å². The minimum absolute atomic E-state index is 0.186. The number of rotatable bonds is 5. The first-order valence-electron chi connectivity index (χ1n) is 5.66. The van der Waals surface area contributed by atoms with Crippen molar-refractivity contribution in [3.63, 3.8) is 0 Å². The van der Waals surface area contributed by atoms with E-state index in [0.717, 1.165) is 0 Å². The Balaban J connectivity index is 2.80. The highest BCUT2D eigenvalue weighted by atomic mass is 16.5. The van der Waals surface area contributed by atoms with E-state index in [1.165, 1.54) is 7.11 Å². The number of nitrogens with two attached hydrogens (primary N) is 1. The molecule has 5 nitrogen and oxygen atoms in total. The molecule has 100 valence electrons. The number of benzene rings is 1. The molecule has 0 saturated heterocycles. The van der Waals surface area contributed by atoms with Gasteiger partial charge in [-0.25, -0.2) is 0 Å². The van der Waals surface area contributed by atoms with Crippen molar-refractivity contribution in [3.05, 3.63) is 23.8 Å². The van der Waals surface area contributed by atoms with Gasteiger partial charge in [0.2, 0.25) is 0 Å². The highest BCUT2D eigenvalue weighted by molar-refractivity contribution is 5.94. The molecular weight excluding hydrogens is 232 g/mol. The lowest BCUT2D eigenvalue weighted by atomic mass is 10.1. The van der Waals surface area contributed by atoms with Crippen molar-refractivity contribution in [1.82, 2.24) is 5.32 Å². The molecule has 0 atom stereocenters. The number of amides is 1. The van der Waals surface area contributed by atoms with E-state index < -0.39 is 5.54 Å². The van der Waals surface area contributed by atoms with Gasteiger partial charge in [-0.2, -0.15) is 0 Å². The highest BCUT2D eigenvalue weighted by Gasteiger charge is 2.14. The van der Waals surface area contributed by atoms with E-state index in [1.54, 1.807) is 25.3 Å². The number of carbonyl (C=O) groups excluding carboxylic acids is 1. The summed E-state index contributed by atoms with van der Waals surface area (Å²) in [5, 5.41) is 2.77. The zero-order valence-electron chi connectivity index (χ0n) is 11.2. The van der Waals surface area contributed by atoms with Crippen molar-refractivity contribution < 1.29 is 14.3 Å². The monoisotopic (exact) mass is 252 g/mol. The molecular formula is C13H20N2O3. The summed E-state index contributed by atoms with van der Waals surface area (Å²) in [4.78, 5) is 11.9. The molecule has 18 heavy (non-hydrogen) atoms. The van der Waals surface area contributed by atoms with Crippen LogP contribution in [0.3, 0.4) is 0 Å².